The molecule has 1 fully saturated rings. The molecule has 5 rings (SSSR count). The maximum Gasteiger partial charge on any atom is 0.356 e. The van der Waals surface area contributed by atoms with Crippen LogP contribution >= 0.6 is 0 Å². The van der Waals surface area contributed by atoms with Crippen LogP contribution in [0, 0.1) is 13.8 Å². The SMILES string of the molecule is Cc1c(-c2cccc(OC3CC3)c2)c(C)n2c(=O)n(-c3ncccn3)ncc12. The molecule has 0 spiro atoms. The van der Waals surface area contributed by atoms with Crippen molar-refractivity contribution in [3.8, 4) is 22.8 Å². The van der Waals surface area contributed by atoms with Gasteiger partial charge in [-0.05, 0) is 56.0 Å². The van der Waals surface area contributed by atoms with E-state index in [0.29, 0.717) is 6.10 Å². The average Bonchev–Trinajstić information content (AvgIpc) is 3.48. The normalized spacial score (nSPS) is 13.8. The van der Waals surface area contributed by atoms with Crippen molar-refractivity contribution in [1.29, 1.82) is 0 Å². The standard InChI is InChI=1S/C21H19N5O2/c1-13-18-12-24-26(20-22-9-4-10-23-20)21(27)25(18)14(2)19(13)15-5-3-6-17(11-15)28-16-7-8-16/h3-6,9-12,16H,7-8H2,1-2H3. The number of hydrogen-bond acceptors (Lipinski definition) is 5. The zero-order valence-corrected chi connectivity index (χ0v) is 15.7. The number of nitrogens with zero attached hydrogens (tertiary/aromatic N) is 5. The molecule has 1 aliphatic carbocycles. The average molecular weight is 373 g/mol. The van der Waals surface area contributed by atoms with Gasteiger partial charge in [0, 0.05) is 23.7 Å². The topological polar surface area (TPSA) is 74.3 Å². The van der Waals surface area contributed by atoms with Crippen LogP contribution in [0.2, 0.25) is 0 Å². The van der Waals surface area contributed by atoms with Crippen LogP contribution in [0.4, 0.5) is 0 Å². The minimum absolute atomic E-state index is 0.251. The third kappa shape index (κ3) is 2.67. The Labute approximate surface area is 161 Å². The Kier molecular flexibility index (Phi) is 3.75. The first-order valence-corrected chi connectivity index (χ1v) is 9.28. The molecule has 3 heterocycles. The molecule has 0 aliphatic heterocycles. The van der Waals surface area contributed by atoms with Gasteiger partial charge in [0.05, 0.1) is 17.8 Å². The van der Waals surface area contributed by atoms with Crippen LogP contribution in [0.5, 0.6) is 5.75 Å². The first-order chi connectivity index (χ1) is 13.6. The fourth-order valence-corrected chi connectivity index (χ4v) is 3.58. The Morgan fingerprint density at radius 3 is 2.64 bits per heavy atom. The Bertz CT molecular complexity index is 1240. The fraction of sp³-hybridized carbons (Fsp3) is 0.238. The van der Waals surface area contributed by atoms with Gasteiger partial charge < -0.3 is 4.74 Å². The second-order valence-electron chi connectivity index (χ2n) is 7.04. The lowest BCUT2D eigenvalue weighted by atomic mass is 10.0. The highest BCUT2D eigenvalue weighted by atomic mass is 16.5. The summed E-state index contributed by atoms with van der Waals surface area (Å²) in [5, 5.41) is 4.28. The predicted molar refractivity (Wildman–Crippen MR) is 105 cm³/mol. The van der Waals surface area contributed by atoms with Gasteiger partial charge in [-0.25, -0.2) is 14.8 Å². The number of ether oxygens (including phenoxy) is 1. The van der Waals surface area contributed by atoms with Gasteiger partial charge >= 0.3 is 5.69 Å². The van der Waals surface area contributed by atoms with Gasteiger partial charge in [0.2, 0.25) is 0 Å². The van der Waals surface area contributed by atoms with Crippen LogP contribution in [0.25, 0.3) is 22.6 Å². The van der Waals surface area contributed by atoms with E-state index in [9.17, 15) is 4.79 Å². The second-order valence-corrected chi connectivity index (χ2v) is 7.04. The maximum atomic E-state index is 13.1. The molecular weight excluding hydrogens is 354 g/mol. The van der Waals surface area contributed by atoms with Gasteiger partial charge in [-0.2, -0.15) is 5.10 Å². The number of rotatable bonds is 4. The van der Waals surface area contributed by atoms with E-state index in [0.717, 1.165) is 46.5 Å². The lowest BCUT2D eigenvalue weighted by molar-refractivity contribution is 0.303. The number of fused-ring (bicyclic) bond motifs is 1. The summed E-state index contributed by atoms with van der Waals surface area (Å²) in [6, 6.07) is 9.75. The van der Waals surface area contributed by atoms with Crippen molar-refractivity contribution in [2.45, 2.75) is 32.8 Å². The van der Waals surface area contributed by atoms with E-state index >= 15 is 0 Å². The molecular formula is C21H19N5O2. The van der Waals surface area contributed by atoms with Gasteiger partial charge in [0.1, 0.15) is 5.75 Å². The Balaban J connectivity index is 1.69. The van der Waals surface area contributed by atoms with Gasteiger partial charge in [0.15, 0.2) is 0 Å². The highest BCUT2D eigenvalue weighted by Gasteiger charge is 2.24. The summed E-state index contributed by atoms with van der Waals surface area (Å²) < 4.78 is 8.83. The minimum atomic E-state index is -0.291. The Hall–Kier alpha value is -3.48. The molecule has 1 aromatic carbocycles. The van der Waals surface area contributed by atoms with E-state index < -0.39 is 0 Å². The Morgan fingerprint density at radius 2 is 1.89 bits per heavy atom. The van der Waals surface area contributed by atoms with Crippen molar-refractivity contribution in [2.24, 2.45) is 0 Å². The maximum absolute atomic E-state index is 13.1. The van der Waals surface area contributed by atoms with Crippen molar-refractivity contribution in [3.05, 3.63) is 70.7 Å². The first kappa shape index (κ1) is 16.7. The molecule has 1 aliphatic rings. The molecule has 28 heavy (non-hydrogen) atoms. The van der Waals surface area contributed by atoms with E-state index in [1.54, 1.807) is 29.1 Å². The highest BCUT2D eigenvalue weighted by Crippen LogP contribution is 2.34. The van der Waals surface area contributed by atoms with Crippen LogP contribution in [-0.4, -0.2) is 30.3 Å². The molecule has 3 aromatic heterocycles. The van der Waals surface area contributed by atoms with Crippen molar-refractivity contribution >= 4 is 5.52 Å². The molecule has 7 nitrogen and oxygen atoms in total. The molecule has 0 unspecified atom stereocenters. The van der Waals surface area contributed by atoms with Crippen molar-refractivity contribution in [1.82, 2.24) is 24.1 Å². The van der Waals surface area contributed by atoms with Gasteiger partial charge in [0.25, 0.3) is 5.95 Å². The lowest BCUT2D eigenvalue weighted by Crippen LogP contribution is -2.29. The van der Waals surface area contributed by atoms with E-state index in [1.807, 2.05) is 38.1 Å². The molecule has 140 valence electrons. The third-order valence-corrected chi connectivity index (χ3v) is 5.06. The summed E-state index contributed by atoms with van der Waals surface area (Å²) in [7, 11) is 0. The zero-order valence-electron chi connectivity index (χ0n) is 15.7. The summed E-state index contributed by atoms with van der Waals surface area (Å²) >= 11 is 0. The lowest BCUT2D eigenvalue weighted by Gasteiger charge is -2.08. The highest BCUT2D eigenvalue weighted by molar-refractivity contribution is 5.79. The molecule has 1 saturated carbocycles. The van der Waals surface area contributed by atoms with Crippen molar-refractivity contribution < 1.29 is 4.74 Å². The summed E-state index contributed by atoms with van der Waals surface area (Å²) in [4.78, 5) is 21.4. The number of aryl methyl sites for hydroxylation is 2. The van der Waals surface area contributed by atoms with Crippen LogP contribution in [0.3, 0.4) is 0 Å². The van der Waals surface area contributed by atoms with Crippen LogP contribution in [-0.2, 0) is 0 Å². The smallest absolute Gasteiger partial charge is 0.356 e. The van der Waals surface area contributed by atoms with Crippen molar-refractivity contribution in [3.63, 3.8) is 0 Å². The Morgan fingerprint density at radius 1 is 1.11 bits per heavy atom. The molecule has 0 bridgehead atoms. The van der Waals surface area contributed by atoms with E-state index in [2.05, 4.69) is 15.1 Å². The largest absolute Gasteiger partial charge is 0.490 e. The number of aromatic nitrogens is 5. The van der Waals surface area contributed by atoms with E-state index in [4.69, 9.17) is 4.74 Å². The summed E-state index contributed by atoms with van der Waals surface area (Å²) in [5.41, 5.74) is 4.39. The monoisotopic (exact) mass is 373 g/mol. The second kappa shape index (κ2) is 6.30. The molecule has 0 atom stereocenters. The summed E-state index contributed by atoms with van der Waals surface area (Å²) in [5.74, 6) is 1.11. The molecule has 0 saturated heterocycles. The minimum Gasteiger partial charge on any atom is -0.490 e. The van der Waals surface area contributed by atoms with Crippen molar-refractivity contribution in [2.75, 3.05) is 0 Å². The number of hydrogen-bond donors (Lipinski definition) is 0. The van der Waals surface area contributed by atoms with Crippen LogP contribution < -0.4 is 10.4 Å². The molecule has 0 radical (unpaired) electrons. The predicted octanol–water partition coefficient (Wildman–Crippen LogP) is 3.10. The van der Waals surface area contributed by atoms with E-state index in [1.165, 1.54) is 4.68 Å². The van der Waals surface area contributed by atoms with Gasteiger partial charge in [-0.1, -0.05) is 12.1 Å². The van der Waals surface area contributed by atoms with Gasteiger partial charge in [-0.15, -0.1) is 4.68 Å². The fourth-order valence-electron chi connectivity index (χ4n) is 3.58. The quantitative estimate of drug-likeness (QED) is 0.549. The zero-order chi connectivity index (χ0) is 19.3. The van der Waals surface area contributed by atoms with Crippen LogP contribution in [0.1, 0.15) is 24.1 Å². The van der Waals surface area contributed by atoms with Crippen LogP contribution in [0.15, 0.2) is 53.7 Å². The molecule has 0 N–H and O–H groups in total. The summed E-state index contributed by atoms with van der Waals surface area (Å²) in [6.07, 6.45) is 7.44. The summed E-state index contributed by atoms with van der Waals surface area (Å²) in [6.45, 7) is 3.96. The van der Waals surface area contributed by atoms with E-state index in [-0.39, 0.29) is 11.6 Å². The molecule has 0 amide bonds. The van der Waals surface area contributed by atoms with Gasteiger partial charge in [-0.3, -0.25) is 4.40 Å². The molecule has 7 heteroatoms. The first-order valence-electron chi connectivity index (χ1n) is 9.28. The third-order valence-electron chi connectivity index (χ3n) is 5.06. The molecule has 4 aromatic rings. The number of benzene rings is 1.